The topological polar surface area (TPSA) is 37.8 Å². The van der Waals surface area contributed by atoms with Gasteiger partial charge in [-0.25, -0.2) is 0 Å². The molecule has 0 unspecified atom stereocenters. The molecule has 0 bridgehead atoms. The number of rotatable bonds is 4. The molecule has 1 aromatic heterocycles. The molecule has 1 N–H and O–H groups in total. The summed E-state index contributed by atoms with van der Waals surface area (Å²) in [4.78, 5) is 1.21. The summed E-state index contributed by atoms with van der Waals surface area (Å²) in [5.74, 6) is 0. The molecule has 0 spiro atoms. The van der Waals surface area contributed by atoms with Gasteiger partial charge in [-0.15, -0.1) is 10.2 Å². The molecule has 3 nitrogen and oxygen atoms in total. The first-order chi connectivity index (χ1) is 8.94. The van der Waals surface area contributed by atoms with Crippen molar-refractivity contribution < 1.29 is 0 Å². The number of benzene rings is 1. The Bertz CT molecular complexity index is 535. The number of halogens is 1. The summed E-state index contributed by atoms with van der Waals surface area (Å²) in [6.07, 6.45) is 0. The SMILES string of the molecule is CC(C)(C)NCc1ccc(Br)cc1Sc1nncs1. The van der Waals surface area contributed by atoms with Crippen molar-refractivity contribution in [3.05, 3.63) is 33.7 Å². The lowest BCUT2D eigenvalue weighted by Gasteiger charge is -2.21. The van der Waals surface area contributed by atoms with Gasteiger partial charge in [-0.05, 0) is 38.5 Å². The highest BCUT2D eigenvalue weighted by molar-refractivity contribution is 9.10. The zero-order valence-corrected chi connectivity index (χ0v) is 14.3. The van der Waals surface area contributed by atoms with E-state index < -0.39 is 0 Å². The Balaban J connectivity index is 2.18. The Hall–Kier alpha value is -0.430. The maximum Gasteiger partial charge on any atom is 0.178 e. The molecule has 0 atom stereocenters. The van der Waals surface area contributed by atoms with E-state index in [-0.39, 0.29) is 5.54 Å². The van der Waals surface area contributed by atoms with E-state index in [0.717, 1.165) is 15.4 Å². The van der Waals surface area contributed by atoms with Crippen molar-refractivity contribution in [2.75, 3.05) is 0 Å². The predicted molar refractivity (Wildman–Crippen MR) is 84.8 cm³/mol. The van der Waals surface area contributed by atoms with Crippen LogP contribution in [0.2, 0.25) is 0 Å². The molecular weight excluding hydrogens is 342 g/mol. The van der Waals surface area contributed by atoms with Gasteiger partial charge in [0, 0.05) is 21.5 Å². The van der Waals surface area contributed by atoms with Gasteiger partial charge in [-0.2, -0.15) is 0 Å². The second-order valence-electron chi connectivity index (χ2n) is 5.16. The lowest BCUT2D eigenvalue weighted by molar-refractivity contribution is 0.422. The first-order valence-corrected chi connectivity index (χ1v) is 8.40. The third kappa shape index (κ3) is 4.87. The molecule has 0 saturated carbocycles. The number of aromatic nitrogens is 2. The van der Waals surface area contributed by atoms with Crippen LogP contribution in [0.5, 0.6) is 0 Å². The Morgan fingerprint density at radius 1 is 1.37 bits per heavy atom. The zero-order chi connectivity index (χ0) is 13.9. The smallest absolute Gasteiger partial charge is 0.178 e. The van der Waals surface area contributed by atoms with E-state index in [1.54, 1.807) is 28.6 Å². The highest BCUT2D eigenvalue weighted by Crippen LogP contribution is 2.33. The van der Waals surface area contributed by atoms with Crippen LogP contribution >= 0.6 is 39.0 Å². The predicted octanol–water partition coefficient (Wildman–Crippen LogP) is 4.34. The van der Waals surface area contributed by atoms with E-state index in [2.05, 4.69) is 70.4 Å². The fourth-order valence-corrected chi connectivity index (χ4v) is 3.55. The Morgan fingerprint density at radius 2 is 2.16 bits per heavy atom. The summed E-state index contributed by atoms with van der Waals surface area (Å²) in [6, 6.07) is 6.35. The molecular formula is C13H16BrN3S2. The quantitative estimate of drug-likeness (QED) is 0.882. The van der Waals surface area contributed by atoms with Crippen molar-refractivity contribution in [3.8, 4) is 0 Å². The second kappa shape index (κ2) is 6.35. The second-order valence-corrected chi connectivity index (χ2v) is 8.20. The van der Waals surface area contributed by atoms with Gasteiger partial charge in [0.1, 0.15) is 5.51 Å². The van der Waals surface area contributed by atoms with Crippen LogP contribution in [0.25, 0.3) is 0 Å². The molecule has 0 radical (unpaired) electrons. The van der Waals surface area contributed by atoms with Crippen LogP contribution in [0, 0.1) is 0 Å². The summed E-state index contributed by atoms with van der Waals surface area (Å²) in [7, 11) is 0. The normalized spacial score (nSPS) is 11.8. The molecule has 19 heavy (non-hydrogen) atoms. The van der Waals surface area contributed by atoms with Crippen LogP contribution in [-0.4, -0.2) is 15.7 Å². The molecule has 0 fully saturated rings. The molecule has 2 rings (SSSR count). The van der Waals surface area contributed by atoms with Crippen LogP contribution < -0.4 is 5.32 Å². The summed E-state index contributed by atoms with van der Waals surface area (Å²) >= 11 is 6.75. The van der Waals surface area contributed by atoms with Crippen LogP contribution in [0.1, 0.15) is 26.3 Å². The van der Waals surface area contributed by atoms with Crippen LogP contribution in [0.3, 0.4) is 0 Å². The molecule has 102 valence electrons. The summed E-state index contributed by atoms with van der Waals surface area (Å²) < 4.78 is 2.05. The number of hydrogen-bond acceptors (Lipinski definition) is 5. The molecule has 2 aromatic rings. The number of hydrogen-bond donors (Lipinski definition) is 1. The molecule has 0 aliphatic heterocycles. The summed E-state index contributed by atoms with van der Waals surface area (Å²) in [5.41, 5.74) is 3.14. The third-order valence-electron chi connectivity index (χ3n) is 2.38. The van der Waals surface area contributed by atoms with Gasteiger partial charge in [-0.3, -0.25) is 0 Å². The van der Waals surface area contributed by atoms with E-state index in [1.165, 1.54) is 10.5 Å². The molecule has 1 heterocycles. The average Bonchev–Trinajstić information content (AvgIpc) is 2.79. The molecule has 0 aliphatic carbocycles. The van der Waals surface area contributed by atoms with Gasteiger partial charge in [0.2, 0.25) is 0 Å². The monoisotopic (exact) mass is 357 g/mol. The maximum absolute atomic E-state index is 4.09. The van der Waals surface area contributed by atoms with Gasteiger partial charge in [0.15, 0.2) is 4.34 Å². The van der Waals surface area contributed by atoms with E-state index in [4.69, 9.17) is 0 Å². The van der Waals surface area contributed by atoms with Crippen molar-refractivity contribution in [1.82, 2.24) is 15.5 Å². The van der Waals surface area contributed by atoms with Gasteiger partial charge in [-0.1, -0.05) is 45.1 Å². The van der Waals surface area contributed by atoms with Crippen molar-refractivity contribution >= 4 is 39.0 Å². The van der Waals surface area contributed by atoms with Crippen LogP contribution in [-0.2, 0) is 6.54 Å². The average molecular weight is 358 g/mol. The minimum atomic E-state index is 0.109. The highest BCUT2D eigenvalue weighted by Gasteiger charge is 2.12. The molecule has 0 saturated heterocycles. The van der Waals surface area contributed by atoms with Gasteiger partial charge >= 0.3 is 0 Å². The van der Waals surface area contributed by atoms with E-state index in [1.807, 2.05) is 0 Å². The van der Waals surface area contributed by atoms with Crippen molar-refractivity contribution in [3.63, 3.8) is 0 Å². The minimum Gasteiger partial charge on any atom is -0.308 e. The molecule has 1 aromatic carbocycles. The van der Waals surface area contributed by atoms with E-state index in [9.17, 15) is 0 Å². The standard InChI is InChI=1S/C13H16BrN3S2/c1-13(2,3)15-7-9-4-5-10(14)6-11(9)19-12-17-16-8-18-12/h4-6,8,15H,7H2,1-3H3. The maximum atomic E-state index is 4.09. The summed E-state index contributed by atoms with van der Waals surface area (Å²) in [6.45, 7) is 7.36. The van der Waals surface area contributed by atoms with Gasteiger partial charge in [0.25, 0.3) is 0 Å². The Morgan fingerprint density at radius 3 is 2.79 bits per heavy atom. The number of nitrogens with zero attached hydrogens (tertiary/aromatic N) is 2. The van der Waals surface area contributed by atoms with E-state index >= 15 is 0 Å². The fraction of sp³-hybridized carbons (Fsp3) is 0.385. The zero-order valence-electron chi connectivity index (χ0n) is 11.1. The fourth-order valence-electron chi connectivity index (χ4n) is 1.43. The Kier molecular flexibility index (Phi) is 5.00. The van der Waals surface area contributed by atoms with Crippen LogP contribution in [0.15, 0.2) is 37.4 Å². The molecule has 0 amide bonds. The van der Waals surface area contributed by atoms with Crippen molar-refractivity contribution in [2.24, 2.45) is 0 Å². The van der Waals surface area contributed by atoms with Crippen LogP contribution in [0.4, 0.5) is 0 Å². The minimum absolute atomic E-state index is 0.109. The van der Waals surface area contributed by atoms with Crippen molar-refractivity contribution in [1.29, 1.82) is 0 Å². The first kappa shape index (κ1) is 15.0. The summed E-state index contributed by atoms with van der Waals surface area (Å²) in [5, 5.41) is 11.5. The highest BCUT2D eigenvalue weighted by atomic mass is 79.9. The first-order valence-electron chi connectivity index (χ1n) is 5.91. The third-order valence-corrected chi connectivity index (χ3v) is 4.75. The van der Waals surface area contributed by atoms with E-state index in [0.29, 0.717) is 0 Å². The lowest BCUT2D eigenvalue weighted by Crippen LogP contribution is -2.35. The van der Waals surface area contributed by atoms with Gasteiger partial charge < -0.3 is 5.32 Å². The largest absolute Gasteiger partial charge is 0.308 e. The molecule has 0 aliphatic rings. The Labute approximate surface area is 130 Å². The number of nitrogens with one attached hydrogen (secondary N) is 1. The van der Waals surface area contributed by atoms with Gasteiger partial charge in [0.05, 0.1) is 0 Å². The lowest BCUT2D eigenvalue weighted by atomic mass is 10.1. The van der Waals surface area contributed by atoms with Crippen molar-refractivity contribution in [2.45, 2.75) is 42.1 Å². The molecule has 6 heteroatoms.